The maximum absolute atomic E-state index is 3.79. The van der Waals surface area contributed by atoms with Crippen LogP contribution >= 0.6 is 0 Å². The third-order valence-corrected chi connectivity index (χ3v) is 11.3. The highest BCUT2D eigenvalue weighted by molar-refractivity contribution is 7.02. The Morgan fingerprint density at radius 1 is 0.520 bits per heavy atom. The van der Waals surface area contributed by atoms with Crippen molar-refractivity contribution in [2.45, 2.75) is 101 Å². The van der Waals surface area contributed by atoms with Gasteiger partial charge in [0.25, 0.3) is 0 Å². The molecule has 2 nitrogen and oxygen atoms in total. The van der Waals surface area contributed by atoms with Crippen molar-refractivity contribution in [1.82, 2.24) is 0 Å². The number of fused-ring (bicyclic) bond motifs is 4. The van der Waals surface area contributed by atoms with Crippen LogP contribution in [0.5, 0.6) is 0 Å². The SMILES string of the molecule is CCNc1cc2c3c(c1)B(c1c(C)cc(C)cc1C)c1cc(C(C)(C)C)ccc1N3c1ccc(C(C)(C)C)cc1B2c1c(C)cc(C)cc1C. The predicted octanol–water partition coefficient (Wildman–Crippen LogP) is 7.69. The van der Waals surface area contributed by atoms with E-state index in [1.807, 2.05) is 0 Å². The summed E-state index contributed by atoms with van der Waals surface area (Å²) in [6, 6.07) is 29.2. The molecule has 50 heavy (non-hydrogen) atoms. The topological polar surface area (TPSA) is 15.3 Å². The fourth-order valence-corrected chi connectivity index (χ4v) is 9.22. The first-order valence-corrected chi connectivity index (χ1v) is 18.7. The number of nitrogens with zero attached hydrogens (tertiary/aromatic N) is 1. The molecule has 0 radical (unpaired) electrons. The molecule has 5 aromatic rings. The third kappa shape index (κ3) is 5.51. The van der Waals surface area contributed by atoms with Gasteiger partial charge in [0, 0.05) is 29.3 Å². The molecule has 1 N–H and O–H groups in total. The van der Waals surface area contributed by atoms with Crippen LogP contribution in [0, 0.1) is 41.5 Å². The first-order chi connectivity index (χ1) is 23.5. The second kappa shape index (κ2) is 12.0. The van der Waals surface area contributed by atoms with Crippen LogP contribution < -0.4 is 43.0 Å². The lowest BCUT2D eigenvalue weighted by Gasteiger charge is -2.45. The van der Waals surface area contributed by atoms with Crippen LogP contribution in [0.4, 0.5) is 22.7 Å². The van der Waals surface area contributed by atoms with Crippen LogP contribution in [0.1, 0.15) is 93.0 Å². The van der Waals surface area contributed by atoms with Crippen molar-refractivity contribution in [1.29, 1.82) is 0 Å². The molecule has 4 heteroatoms. The van der Waals surface area contributed by atoms with Crippen molar-refractivity contribution < 1.29 is 0 Å². The highest BCUT2D eigenvalue weighted by Crippen LogP contribution is 2.40. The second-order valence-electron chi connectivity index (χ2n) is 17.4. The summed E-state index contributed by atoms with van der Waals surface area (Å²) >= 11 is 0. The number of hydrogen-bond donors (Lipinski definition) is 1. The molecule has 0 bridgehead atoms. The van der Waals surface area contributed by atoms with Gasteiger partial charge in [-0.3, -0.25) is 0 Å². The maximum Gasteiger partial charge on any atom is 0.247 e. The van der Waals surface area contributed by atoms with Crippen LogP contribution in [-0.4, -0.2) is 20.0 Å². The van der Waals surface area contributed by atoms with Gasteiger partial charge in [-0.05, 0) is 117 Å². The van der Waals surface area contributed by atoms with Crippen molar-refractivity contribution in [2.24, 2.45) is 0 Å². The molecule has 2 heterocycles. The molecule has 7 rings (SSSR count). The average Bonchev–Trinajstić information content (AvgIpc) is 3.00. The third-order valence-electron chi connectivity index (χ3n) is 11.3. The molecule has 0 saturated heterocycles. The first-order valence-electron chi connectivity index (χ1n) is 18.7. The number of anilines is 4. The zero-order chi connectivity index (χ0) is 36.0. The zero-order valence-electron chi connectivity index (χ0n) is 32.7. The largest absolute Gasteiger partial charge is 0.385 e. The van der Waals surface area contributed by atoms with E-state index in [2.05, 4.69) is 173 Å². The fourth-order valence-electron chi connectivity index (χ4n) is 9.22. The number of aryl methyl sites for hydroxylation is 6. The number of hydrogen-bond acceptors (Lipinski definition) is 2. The lowest BCUT2D eigenvalue weighted by molar-refractivity contribution is 0.590. The van der Waals surface area contributed by atoms with E-state index in [4.69, 9.17) is 0 Å². The Morgan fingerprint density at radius 2 is 0.900 bits per heavy atom. The molecule has 0 saturated carbocycles. The summed E-state index contributed by atoms with van der Waals surface area (Å²) in [6.45, 7) is 31.1. The normalized spacial score (nSPS) is 13.7. The number of nitrogens with one attached hydrogen (secondary N) is 1. The van der Waals surface area contributed by atoms with E-state index in [0.29, 0.717) is 0 Å². The van der Waals surface area contributed by atoms with E-state index in [1.54, 1.807) is 0 Å². The summed E-state index contributed by atoms with van der Waals surface area (Å²) in [5.74, 6) is 0. The molecule has 0 unspecified atom stereocenters. The minimum Gasteiger partial charge on any atom is -0.385 e. The van der Waals surface area contributed by atoms with Gasteiger partial charge >= 0.3 is 0 Å². The summed E-state index contributed by atoms with van der Waals surface area (Å²) < 4.78 is 0. The molecule has 254 valence electrons. The van der Waals surface area contributed by atoms with E-state index >= 15 is 0 Å². The van der Waals surface area contributed by atoms with Crippen molar-refractivity contribution in [2.75, 3.05) is 16.8 Å². The van der Waals surface area contributed by atoms with Crippen LogP contribution in [0.3, 0.4) is 0 Å². The second-order valence-corrected chi connectivity index (χ2v) is 17.4. The standard InChI is InChI=1S/C46H54B2N2/c1-14-49-35-25-38-44-39(26-35)48(43-31(6)21-28(3)22-32(43)7)37-24-34(46(11,12)13)16-18-41(37)50(44)40-17-15-33(45(8,9)10)23-36(40)47(38)42-29(4)19-27(2)20-30(42)5/h15-26,49H,14H2,1-13H3. The highest BCUT2D eigenvalue weighted by atomic mass is 15.2. The van der Waals surface area contributed by atoms with Gasteiger partial charge in [-0.25, -0.2) is 0 Å². The quantitative estimate of drug-likeness (QED) is 0.196. The number of rotatable bonds is 4. The van der Waals surface area contributed by atoms with Gasteiger partial charge in [-0.1, -0.05) is 134 Å². The van der Waals surface area contributed by atoms with Crippen molar-refractivity contribution >= 4 is 69.0 Å². The average molecular weight is 657 g/mol. The molecule has 0 spiro atoms. The molecule has 0 atom stereocenters. The van der Waals surface area contributed by atoms with E-state index in [-0.39, 0.29) is 24.3 Å². The lowest BCUT2D eigenvalue weighted by Crippen LogP contribution is -2.66. The Morgan fingerprint density at radius 3 is 1.24 bits per heavy atom. The summed E-state index contributed by atoms with van der Waals surface area (Å²) in [6.07, 6.45) is 0. The molecule has 2 aliphatic heterocycles. The molecule has 0 aliphatic carbocycles. The van der Waals surface area contributed by atoms with Gasteiger partial charge in [-0.2, -0.15) is 0 Å². The van der Waals surface area contributed by atoms with Crippen molar-refractivity contribution in [3.05, 3.63) is 117 Å². The van der Waals surface area contributed by atoms with Gasteiger partial charge in [0.05, 0.1) is 0 Å². The van der Waals surface area contributed by atoms with E-state index in [1.165, 1.54) is 100 Å². The molecule has 5 aromatic carbocycles. The Labute approximate surface area is 302 Å². The first kappa shape index (κ1) is 34.3. The zero-order valence-corrected chi connectivity index (χ0v) is 32.7. The highest BCUT2D eigenvalue weighted by Gasteiger charge is 2.45. The van der Waals surface area contributed by atoms with Crippen LogP contribution in [0.15, 0.2) is 72.8 Å². The van der Waals surface area contributed by atoms with Crippen LogP contribution in [0.2, 0.25) is 0 Å². The predicted molar refractivity (Wildman–Crippen MR) is 223 cm³/mol. The number of benzene rings is 5. The molecule has 0 fully saturated rings. The molecular weight excluding hydrogens is 602 g/mol. The minimum atomic E-state index is 0.0288. The molecule has 0 amide bonds. The summed E-state index contributed by atoms with van der Waals surface area (Å²) in [5, 5.41) is 3.79. The summed E-state index contributed by atoms with van der Waals surface area (Å²) in [5.41, 5.74) is 24.5. The van der Waals surface area contributed by atoms with Crippen LogP contribution in [-0.2, 0) is 10.8 Å². The Hall–Kier alpha value is -4.17. The lowest BCUT2D eigenvalue weighted by atomic mass is 9.29. The minimum absolute atomic E-state index is 0.0288. The van der Waals surface area contributed by atoms with Crippen molar-refractivity contribution in [3.8, 4) is 0 Å². The van der Waals surface area contributed by atoms with Gasteiger partial charge in [0.2, 0.25) is 13.4 Å². The van der Waals surface area contributed by atoms with Gasteiger partial charge in [0.15, 0.2) is 0 Å². The Bertz CT molecular complexity index is 1980. The Kier molecular flexibility index (Phi) is 8.21. The van der Waals surface area contributed by atoms with E-state index in [0.717, 1.165) is 6.54 Å². The smallest absolute Gasteiger partial charge is 0.247 e. The van der Waals surface area contributed by atoms with E-state index in [9.17, 15) is 0 Å². The fraction of sp³-hybridized carbons (Fsp3) is 0.348. The Balaban J connectivity index is 1.67. The monoisotopic (exact) mass is 656 g/mol. The van der Waals surface area contributed by atoms with E-state index < -0.39 is 0 Å². The van der Waals surface area contributed by atoms with Crippen molar-refractivity contribution in [3.63, 3.8) is 0 Å². The molecular formula is C46H54B2N2. The summed E-state index contributed by atoms with van der Waals surface area (Å²) in [4.78, 5) is 2.63. The van der Waals surface area contributed by atoms with Gasteiger partial charge in [0.1, 0.15) is 0 Å². The van der Waals surface area contributed by atoms with Gasteiger partial charge < -0.3 is 10.2 Å². The maximum atomic E-state index is 3.79. The van der Waals surface area contributed by atoms with Gasteiger partial charge in [-0.15, -0.1) is 0 Å². The molecule has 2 aliphatic rings. The summed E-state index contributed by atoms with van der Waals surface area (Å²) in [7, 11) is 0. The van der Waals surface area contributed by atoms with Crippen LogP contribution in [0.25, 0.3) is 0 Å². The molecule has 0 aromatic heterocycles.